The number of benzene rings is 1. The van der Waals surface area contributed by atoms with Gasteiger partial charge >= 0.3 is 0 Å². The number of aryl methyl sites for hydroxylation is 1. The number of likely N-dealkylation sites (tertiary alicyclic amines) is 1. The van der Waals surface area contributed by atoms with E-state index in [9.17, 15) is 9.59 Å². The molecule has 158 valence electrons. The van der Waals surface area contributed by atoms with Gasteiger partial charge in [0.1, 0.15) is 5.82 Å². The van der Waals surface area contributed by atoms with Gasteiger partial charge in [0.15, 0.2) is 5.82 Å². The van der Waals surface area contributed by atoms with Gasteiger partial charge in [0.05, 0.1) is 17.6 Å². The number of fused-ring (bicyclic) bond motifs is 1. The molecule has 1 aromatic carbocycles. The molecular formula is C20H23ClN6O3. The van der Waals surface area contributed by atoms with Gasteiger partial charge < -0.3 is 19.7 Å². The second kappa shape index (κ2) is 8.83. The van der Waals surface area contributed by atoms with Crippen LogP contribution in [0.4, 0.5) is 0 Å². The molecule has 0 saturated carbocycles. The summed E-state index contributed by atoms with van der Waals surface area (Å²) in [5.74, 6) is 1.91. The number of amides is 2. The highest BCUT2D eigenvalue weighted by Crippen LogP contribution is 2.26. The Bertz CT molecular complexity index is 1050. The van der Waals surface area contributed by atoms with Crippen LogP contribution in [0.5, 0.6) is 0 Å². The van der Waals surface area contributed by atoms with Gasteiger partial charge in [-0.1, -0.05) is 16.8 Å². The van der Waals surface area contributed by atoms with Gasteiger partial charge in [-0.2, -0.15) is 4.98 Å². The molecule has 0 unspecified atom stereocenters. The Morgan fingerprint density at radius 1 is 1.30 bits per heavy atom. The number of hydrogen-bond donors (Lipinski definition) is 2. The molecule has 10 heteroatoms. The first-order valence-corrected chi connectivity index (χ1v) is 10.3. The van der Waals surface area contributed by atoms with Gasteiger partial charge in [0.2, 0.25) is 17.7 Å². The van der Waals surface area contributed by atoms with E-state index in [1.165, 1.54) is 0 Å². The lowest BCUT2D eigenvalue weighted by Gasteiger charge is -2.29. The topological polar surface area (TPSA) is 117 Å². The summed E-state index contributed by atoms with van der Waals surface area (Å²) in [6.45, 7) is 3.18. The van der Waals surface area contributed by atoms with Crippen molar-refractivity contribution in [3.63, 3.8) is 0 Å². The molecule has 1 aliphatic heterocycles. The van der Waals surface area contributed by atoms with Crippen molar-refractivity contribution in [2.75, 3.05) is 13.1 Å². The molecule has 2 aromatic heterocycles. The Kier molecular flexibility index (Phi) is 5.98. The average molecular weight is 431 g/mol. The van der Waals surface area contributed by atoms with Crippen LogP contribution in [0.25, 0.3) is 11.0 Å². The fourth-order valence-electron chi connectivity index (χ4n) is 3.61. The van der Waals surface area contributed by atoms with E-state index in [2.05, 4.69) is 25.4 Å². The lowest BCUT2D eigenvalue weighted by molar-refractivity contribution is -0.129. The first-order chi connectivity index (χ1) is 14.5. The van der Waals surface area contributed by atoms with Crippen molar-refractivity contribution in [3.05, 3.63) is 40.8 Å². The van der Waals surface area contributed by atoms with E-state index < -0.39 is 0 Å². The zero-order chi connectivity index (χ0) is 21.1. The van der Waals surface area contributed by atoms with Gasteiger partial charge in [-0.25, -0.2) is 4.98 Å². The highest BCUT2D eigenvalue weighted by atomic mass is 35.5. The van der Waals surface area contributed by atoms with Gasteiger partial charge in [0, 0.05) is 43.8 Å². The number of carbonyl (C=O) groups excluding carboxylic acids is 2. The fraction of sp³-hybridized carbons (Fsp3) is 0.450. The predicted octanol–water partition coefficient (Wildman–Crippen LogP) is 2.57. The summed E-state index contributed by atoms with van der Waals surface area (Å²) in [5, 5.41) is 7.48. The maximum Gasteiger partial charge on any atom is 0.246 e. The second-order valence-electron chi connectivity index (χ2n) is 7.45. The number of hydrogen-bond acceptors (Lipinski definition) is 6. The summed E-state index contributed by atoms with van der Waals surface area (Å²) >= 11 is 5.98. The minimum absolute atomic E-state index is 0.0939. The Morgan fingerprint density at radius 3 is 2.87 bits per heavy atom. The summed E-state index contributed by atoms with van der Waals surface area (Å²) in [6, 6.07) is 5.44. The highest BCUT2D eigenvalue weighted by molar-refractivity contribution is 6.31. The summed E-state index contributed by atoms with van der Waals surface area (Å²) in [6.07, 6.45) is 2.40. The van der Waals surface area contributed by atoms with Crippen molar-refractivity contribution in [1.29, 1.82) is 0 Å². The number of carbonyl (C=O) groups is 2. The first-order valence-electron chi connectivity index (χ1n) is 9.97. The molecule has 0 aliphatic carbocycles. The van der Waals surface area contributed by atoms with Crippen LogP contribution >= 0.6 is 11.6 Å². The predicted molar refractivity (Wildman–Crippen MR) is 110 cm³/mol. The zero-order valence-corrected chi connectivity index (χ0v) is 17.4. The first kappa shape index (κ1) is 20.3. The van der Waals surface area contributed by atoms with Crippen molar-refractivity contribution in [3.8, 4) is 0 Å². The van der Waals surface area contributed by atoms with Crippen LogP contribution in [0.3, 0.4) is 0 Å². The standard InChI is InChI=1S/C20H23ClN6O3/c1-12(28)27-8-6-13(7-9-27)20-25-19(30-26-20)11-22-18(29)5-4-17-23-15-3-2-14(21)10-16(15)24-17/h2-3,10,13H,4-9,11H2,1H3,(H,22,29)(H,23,24). The Hall–Kier alpha value is -2.94. The molecular weight excluding hydrogens is 408 g/mol. The van der Waals surface area contributed by atoms with E-state index >= 15 is 0 Å². The highest BCUT2D eigenvalue weighted by Gasteiger charge is 2.25. The molecule has 9 nitrogen and oxygen atoms in total. The van der Waals surface area contributed by atoms with Crippen molar-refractivity contribution in [2.24, 2.45) is 0 Å². The third-order valence-corrected chi connectivity index (χ3v) is 5.54. The second-order valence-corrected chi connectivity index (χ2v) is 7.88. The average Bonchev–Trinajstić information content (AvgIpc) is 3.37. The van der Waals surface area contributed by atoms with Crippen LogP contribution in [0.2, 0.25) is 5.02 Å². The van der Waals surface area contributed by atoms with Gasteiger partial charge in [-0.15, -0.1) is 0 Å². The number of imidazole rings is 1. The van der Waals surface area contributed by atoms with Crippen LogP contribution in [0.1, 0.15) is 49.6 Å². The van der Waals surface area contributed by atoms with Gasteiger partial charge in [-0.05, 0) is 31.0 Å². The van der Waals surface area contributed by atoms with Crippen LogP contribution in [-0.4, -0.2) is 49.9 Å². The molecule has 0 spiro atoms. The molecule has 1 fully saturated rings. The monoisotopic (exact) mass is 430 g/mol. The van der Waals surface area contributed by atoms with Crippen molar-refractivity contribution in [1.82, 2.24) is 30.3 Å². The smallest absolute Gasteiger partial charge is 0.246 e. The normalized spacial score (nSPS) is 14.9. The lowest BCUT2D eigenvalue weighted by Crippen LogP contribution is -2.36. The van der Waals surface area contributed by atoms with Crippen LogP contribution in [-0.2, 0) is 22.6 Å². The van der Waals surface area contributed by atoms with Crippen molar-refractivity contribution < 1.29 is 14.1 Å². The molecule has 0 atom stereocenters. The van der Waals surface area contributed by atoms with Crippen molar-refractivity contribution in [2.45, 2.75) is 45.1 Å². The quantitative estimate of drug-likeness (QED) is 0.620. The minimum atomic E-state index is -0.122. The maximum atomic E-state index is 12.2. The van der Waals surface area contributed by atoms with E-state index in [1.807, 2.05) is 17.0 Å². The summed E-state index contributed by atoms with van der Waals surface area (Å²) < 4.78 is 5.27. The number of nitrogens with one attached hydrogen (secondary N) is 2. The van der Waals surface area contributed by atoms with E-state index in [0.717, 1.165) is 29.7 Å². The van der Waals surface area contributed by atoms with Crippen LogP contribution < -0.4 is 5.32 Å². The largest absolute Gasteiger partial charge is 0.347 e. The van der Waals surface area contributed by atoms with Crippen LogP contribution in [0.15, 0.2) is 22.7 Å². The van der Waals surface area contributed by atoms with Gasteiger partial charge in [0.25, 0.3) is 0 Å². The number of nitrogens with zero attached hydrogens (tertiary/aromatic N) is 4. The van der Waals surface area contributed by atoms with E-state index in [1.54, 1.807) is 13.0 Å². The number of rotatable bonds is 6. The Morgan fingerprint density at radius 2 is 2.10 bits per heavy atom. The zero-order valence-electron chi connectivity index (χ0n) is 16.7. The Balaban J connectivity index is 1.24. The fourth-order valence-corrected chi connectivity index (χ4v) is 3.78. The summed E-state index contributed by atoms with van der Waals surface area (Å²) in [4.78, 5) is 37.5. The molecule has 3 aromatic rings. The molecule has 30 heavy (non-hydrogen) atoms. The molecule has 2 amide bonds. The summed E-state index contributed by atoms with van der Waals surface area (Å²) in [7, 11) is 0. The van der Waals surface area contributed by atoms with E-state index in [0.29, 0.717) is 36.2 Å². The molecule has 0 radical (unpaired) electrons. The lowest BCUT2D eigenvalue weighted by atomic mass is 9.96. The Labute approximate surface area is 178 Å². The minimum Gasteiger partial charge on any atom is -0.347 e. The number of aromatic amines is 1. The van der Waals surface area contributed by atoms with Crippen molar-refractivity contribution >= 4 is 34.4 Å². The summed E-state index contributed by atoms with van der Waals surface area (Å²) in [5.41, 5.74) is 1.67. The number of piperidine rings is 1. The maximum absolute atomic E-state index is 12.2. The molecule has 3 heterocycles. The molecule has 2 N–H and O–H groups in total. The third kappa shape index (κ3) is 4.79. The number of H-pyrrole nitrogens is 1. The van der Waals surface area contributed by atoms with E-state index in [-0.39, 0.29) is 30.7 Å². The SMILES string of the molecule is CC(=O)N1CCC(c2noc(CNC(=O)CCc3nc4ccc(Cl)cc4[nH]3)n2)CC1. The van der Waals surface area contributed by atoms with Crippen LogP contribution in [0, 0.1) is 0 Å². The molecule has 0 bridgehead atoms. The van der Waals surface area contributed by atoms with Gasteiger partial charge in [-0.3, -0.25) is 9.59 Å². The third-order valence-electron chi connectivity index (χ3n) is 5.31. The molecule has 1 saturated heterocycles. The number of aromatic nitrogens is 4. The van der Waals surface area contributed by atoms with E-state index in [4.69, 9.17) is 16.1 Å². The number of halogens is 1. The molecule has 1 aliphatic rings. The molecule has 4 rings (SSSR count).